The first-order valence-electron chi connectivity index (χ1n) is 8.96. The van der Waals surface area contributed by atoms with Gasteiger partial charge in [-0.2, -0.15) is 0 Å². The molecule has 160 valence electrons. The van der Waals surface area contributed by atoms with Gasteiger partial charge < -0.3 is 15.4 Å². The van der Waals surface area contributed by atoms with Crippen molar-refractivity contribution in [3.8, 4) is 5.75 Å². The molecule has 0 atom stereocenters. The van der Waals surface area contributed by atoms with Crippen LogP contribution in [0.15, 0.2) is 58.4 Å². The van der Waals surface area contributed by atoms with Crippen molar-refractivity contribution in [3.05, 3.63) is 59.7 Å². The highest BCUT2D eigenvalue weighted by Crippen LogP contribution is 2.18. The summed E-state index contributed by atoms with van der Waals surface area (Å²) in [7, 11) is 2.89. The molecule has 0 heterocycles. The number of nitrogens with zero attached hydrogens (tertiary/aromatic N) is 2. The van der Waals surface area contributed by atoms with E-state index in [1.807, 2.05) is 30.3 Å². The van der Waals surface area contributed by atoms with Crippen LogP contribution in [0, 0.1) is 0 Å². The number of halogens is 1. The largest absolute Gasteiger partial charge is 0.497 e. The average Bonchev–Trinajstić information content (AvgIpc) is 2.71. The topological polar surface area (TPSA) is 83.0 Å². The molecule has 0 saturated carbocycles. The number of hydrogen-bond donors (Lipinski definition) is 2. The number of aliphatic imine (C=N–C) groups is 1. The molecule has 0 aliphatic carbocycles. The third-order valence-corrected chi connectivity index (χ3v) is 6.18. The number of rotatable bonds is 8. The smallest absolute Gasteiger partial charge is 0.242 e. The molecule has 0 saturated heterocycles. The number of sulfonamides is 1. The summed E-state index contributed by atoms with van der Waals surface area (Å²) in [5, 5.41) is 6.42. The van der Waals surface area contributed by atoms with Crippen molar-refractivity contribution in [2.45, 2.75) is 17.9 Å². The first-order valence-corrected chi connectivity index (χ1v) is 10.4. The van der Waals surface area contributed by atoms with Gasteiger partial charge in [-0.3, -0.25) is 4.99 Å². The van der Waals surface area contributed by atoms with Crippen molar-refractivity contribution in [3.63, 3.8) is 0 Å². The van der Waals surface area contributed by atoms with Crippen LogP contribution in [0.4, 0.5) is 0 Å². The maximum atomic E-state index is 12.5. The van der Waals surface area contributed by atoms with Gasteiger partial charge in [0.2, 0.25) is 10.0 Å². The molecule has 0 unspecified atom stereocenters. The van der Waals surface area contributed by atoms with E-state index in [0.717, 1.165) is 12.2 Å². The van der Waals surface area contributed by atoms with Crippen LogP contribution in [0.2, 0.25) is 0 Å². The lowest BCUT2D eigenvalue weighted by Gasteiger charge is -2.17. The first kappa shape index (κ1) is 25.2. The highest BCUT2D eigenvalue weighted by molar-refractivity contribution is 14.0. The third-order valence-electron chi connectivity index (χ3n) is 4.27. The number of guanidine groups is 1. The zero-order valence-electron chi connectivity index (χ0n) is 17.2. The maximum absolute atomic E-state index is 12.5. The first-order chi connectivity index (χ1) is 13.4. The fourth-order valence-electron chi connectivity index (χ4n) is 2.62. The van der Waals surface area contributed by atoms with Gasteiger partial charge in [0, 0.05) is 34.2 Å². The van der Waals surface area contributed by atoms with E-state index in [1.54, 1.807) is 32.4 Å². The van der Waals surface area contributed by atoms with Crippen LogP contribution < -0.4 is 15.4 Å². The van der Waals surface area contributed by atoms with Crippen molar-refractivity contribution >= 4 is 40.0 Å². The maximum Gasteiger partial charge on any atom is 0.242 e. The molecule has 2 N–H and O–H groups in total. The van der Waals surface area contributed by atoms with Crippen LogP contribution in [-0.4, -0.2) is 53.5 Å². The summed E-state index contributed by atoms with van der Waals surface area (Å²) in [5.41, 5.74) is 1.88. The number of methoxy groups -OCH3 is 1. The SMILES string of the molecule is CN=C(NCCc1ccc(OC)cc1)NCc1ccccc1S(=O)(=O)N(C)C.I. The molecule has 0 spiro atoms. The lowest BCUT2D eigenvalue weighted by molar-refractivity contribution is 0.414. The van der Waals surface area contributed by atoms with Crippen LogP contribution in [-0.2, 0) is 23.0 Å². The van der Waals surface area contributed by atoms with Crippen LogP contribution in [0.3, 0.4) is 0 Å². The molecular formula is C20H29IN4O3S. The molecular weight excluding hydrogens is 503 g/mol. The fraction of sp³-hybridized carbons (Fsp3) is 0.350. The molecule has 29 heavy (non-hydrogen) atoms. The Hall–Kier alpha value is -1.85. The summed E-state index contributed by atoms with van der Waals surface area (Å²) in [6.45, 7) is 1.05. The molecule has 9 heteroatoms. The quantitative estimate of drug-likeness (QED) is 0.310. The average molecular weight is 532 g/mol. The molecule has 0 amide bonds. The van der Waals surface area contributed by atoms with E-state index >= 15 is 0 Å². The van der Waals surface area contributed by atoms with Gasteiger partial charge in [-0.1, -0.05) is 30.3 Å². The van der Waals surface area contributed by atoms with Gasteiger partial charge in [0.25, 0.3) is 0 Å². The Morgan fingerprint density at radius 2 is 1.72 bits per heavy atom. The van der Waals surface area contributed by atoms with Gasteiger partial charge in [0.1, 0.15) is 5.75 Å². The van der Waals surface area contributed by atoms with E-state index in [-0.39, 0.29) is 24.0 Å². The molecule has 0 bridgehead atoms. The fourth-order valence-corrected chi connectivity index (χ4v) is 3.73. The molecule has 0 aliphatic heterocycles. The number of nitrogens with one attached hydrogen (secondary N) is 2. The van der Waals surface area contributed by atoms with E-state index in [9.17, 15) is 8.42 Å². The summed E-state index contributed by atoms with van der Waals surface area (Å²) >= 11 is 0. The van der Waals surface area contributed by atoms with Gasteiger partial charge in [0.05, 0.1) is 12.0 Å². The monoisotopic (exact) mass is 532 g/mol. The van der Waals surface area contributed by atoms with Gasteiger partial charge in [-0.25, -0.2) is 12.7 Å². The highest BCUT2D eigenvalue weighted by atomic mass is 127. The molecule has 2 aromatic carbocycles. The number of hydrogen-bond acceptors (Lipinski definition) is 4. The Balaban J connectivity index is 0.00000420. The van der Waals surface area contributed by atoms with Crippen molar-refractivity contribution in [2.24, 2.45) is 4.99 Å². The van der Waals surface area contributed by atoms with Gasteiger partial charge in [-0.15, -0.1) is 24.0 Å². The van der Waals surface area contributed by atoms with E-state index in [0.29, 0.717) is 29.5 Å². The zero-order valence-corrected chi connectivity index (χ0v) is 20.3. The molecule has 2 aromatic rings. The molecule has 2 rings (SSSR count). The summed E-state index contributed by atoms with van der Waals surface area (Å²) in [6, 6.07) is 14.9. The standard InChI is InChI=1S/C20H28N4O3S.HI/c1-21-20(22-14-13-16-9-11-18(27-4)12-10-16)23-15-17-7-5-6-8-19(17)28(25,26)24(2)3;/h5-12H,13-15H2,1-4H3,(H2,21,22,23);1H. The second kappa shape index (κ2) is 12.0. The van der Waals surface area contributed by atoms with Crippen molar-refractivity contribution in [1.29, 1.82) is 0 Å². The second-order valence-corrected chi connectivity index (χ2v) is 8.47. The Kier molecular flexibility index (Phi) is 10.4. The van der Waals surface area contributed by atoms with Crippen LogP contribution >= 0.6 is 24.0 Å². The lowest BCUT2D eigenvalue weighted by Crippen LogP contribution is -2.38. The summed E-state index contributed by atoms with van der Waals surface area (Å²) in [6.07, 6.45) is 0.830. The third kappa shape index (κ3) is 7.16. The Morgan fingerprint density at radius 1 is 1.07 bits per heavy atom. The van der Waals surface area contributed by atoms with E-state index in [4.69, 9.17) is 4.74 Å². The number of ether oxygens (including phenoxy) is 1. The van der Waals surface area contributed by atoms with Gasteiger partial charge in [0.15, 0.2) is 5.96 Å². The predicted octanol–water partition coefficient (Wildman–Crippen LogP) is 2.47. The summed E-state index contributed by atoms with van der Waals surface area (Å²) in [5.74, 6) is 1.45. The van der Waals surface area contributed by atoms with Crippen LogP contribution in [0.1, 0.15) is 11.1 Å². The molecule has 0 fully saturated rings. The summed E-state index contributed by atoms with van der Waals surface area (Å²) in [4.78, 5) is 4.50. The molecule has 0 radical (unpaired) electrons. The zero-order chi connectivity index (χ0) is 20.6. The Morgan fingerprint density at radius 3 is 2.31 bits per heavy atom. The lowest BCUT2D eigenvalue weighted by atomic mass is 10.1. The molecule has 0 aliphatic rings. The minimum absolute atomic E-state index is 0. The number of benzene rings is 2. The molecule has 0 aromatic heterocycles. The highest BCUT2D eigenvalue weighted by Gasteiger charge is 2.20. The molecule has 7 nitrogen and oxygen atoms in total. The minimum atomic E-state index is -3.50. The van der Waals surface area contributed by atoms with Crippen molar-refractivity contribution < 1.29 is 13.2 Å². The van der Waals surface area contributed by atoms with Gasteiger partial charge in [-0.05, 0) is 35.7 Å². The Bertz CT molecular complexity index is 900. The second-order valence-electron chi connectivity index (χ2n) is 6.35. The van der Waals surface area contributed by atoms with E-state index in [1.165, 1.54) is 24.0 Å². The van der Waals surface area contributed by atoms with Crippen LogP contribution in [0.5, 0.6) is 5.75 Å². The van der Waals surface area contributed by atoms with Gasteiger partial charge >= 0.3 is 0 Å². The van der Waals surface area contributed by atoms with E-state index < -0.39 is 10.0 Å². The van der Waals surface area contributed by atoms with Crippen LogP contribution in [0.25, 0.3) is 0 Å². The predicted molar refractivity (Wildman–Crippen MR) is 128 cm³/mol. The van der Waals surface area contributed by atoms with E-state index in [2.05, 4.69) is 15.6 Å². The normalized spacial score (nSPS) is 11.7. The van der Waals surface area contributed by atoms with Crippen molar-refractivity contribution in [2.75, 3.05) is 34.8 Å². The van der Waals surface area contributed by atoms with Crippen molar-refractivity contribution in [1.82, 2.24) is 14.9 Å². The minimum Gasteiger partial charge on any atom is -0.497 e. The Labute approximate surface area is 190 Å². The summed E-state index contributed by atoms with van der Waals surface area (Å²) < 4.78 is 31.3.